The Morgan fingerprint density at radius 1 is 1.00 bits per heavy atom. The summed E-state index contributed by atoms with van der Waals surface area (Å²) in [6.07, 6.45) is 1.11. The average Bonchev–Trinajstić information content (AvgIpc) is 2.94. The maximum absolute atomic E-state index is 5.67. The first kappa shape index (κ1) is 27.6. The molecule has 1 aromatic carbocycles. The molecule has 0 aliphatic carbocycles. The van der Waals surface area contributed by atoms with Crippen LogP contribution in [0, 0.1) is 5.41 Å². The summed E-state index contributed by atoms with van der Waals surface area (Å²) in [6, 6.07) is 10.7. The fourth-order valence-corrected chi connectivity index (χ4v) is 5.08. The van der Waals surface area contributed by atoms with Crippen LogP contribution in [0.2, 0.25) is 0 Å². The van der Waals surface area contributed by atoms with Crippen LogP contribution >= 0.6 is 0 Å². The quantitative estimate of drug-likeness (QED) is 0.426. The van der Waals surface area contributed by atoms with Crippen molar-refractivity contribution >= 4 is 22.8 Å². The molecule has 9 nitrogen and oxygen atoms in total. The van der Waals surface area contributed by atoms with E-state index in [1.807, 2.05) is 6.07 Å². The fraction of sp³-hybridized carbons (Fsp3) is 0.567. The van der Waals surface area contributed by atoms with Crippen LogP contribution in [0.5, 0.6) is 5.75 Å². The van der Waals surface area contributed by atoms with Crippen LogP contribution in [-0.2, 0) is 16.0 Å². The highest BCUT2D eigenvalue weighted by atomic mass is 16.5. The first-order valence-electron chi connectivity index (χ1n) is 14.1. The first-order chi connectivity index (χ1) is 18.8. The Morgan fingerprint density at radius 2 is 1.79 bits per heavy atom. The van der Waals surface area contributed by atoms with Gasteiger partial charge in [0.1, 0.15) is 11.6 Å². The minimum Gasteiger partial charge on any atom is -0.496 e. The number of nitrogens with one attached hydrogen (secondary N) is 1. The van der Waals surface area contributed by atoms with E-state index in [0.29, 0.717) is 43.4 Å². The van der Waals surface area contributed by atoms with Crippen LogP contribution in [0.25, 0.3) is 22.3 Å². The van der Waals surface area contributed by atoms with Crippen LogP contribution < -0.4 is 19.9 Å². The molecule has 9 heteroatoms. The minimum atomic E-state index is 0.201. The number of aromatic nitrogens is 3. The van der Waals surface area contributed by atoms with Gasteiger partial charge in [-0.05, 0) is 55.6 Å². The van der Waals surface area contributed by atoms with E-state index in [-0.39, 0.29) is 6.04 Å². The lowest BCUT2D eigenvalue weighted by Gasteiger charge is -2.34. The maximum Gasteiger partial charge on any atom is 0.229 e. The zero-order chi connectivity index (χ0) is 27.4. The highest BCUT2D eigenvalue weighted by Gasteiger charge is 2.25. The van der Waals surface area contributed by atoms with Crippen molar-refractivity contribution in [2.45, 2.75) is 46.7 Å². The maximum atomic E-state index is 5.67. The average molecular weight is 535 g/mol. The number of nitrogens with zero attached hydrogens (tertiary/aromatic N) is 5. The van der Waals surface area contributed by atoms with Crippen molar-refractivity contribution in [3.63, 3.8) is 0 Å². The first-order valence-corrected chi connectivity index (χ1v) is 14.1. The van der Waals surface area contributed by atoms with Gasteiger partial charge in [0, 0.05) is 37.3 Å². The molecule has 2 aromatic heterocycles. The Kier molecular flexibility index (Phi) is 8.49. The third-order valence-corrected chi connectivity index (χ3v) is 7.41. The topological polar surface area (TPSA) is 84.9 Å². The lowest BCUT2D eigenvalue weighted by atomic mass is 9.92. The number of hydrogen-bond acceptors (Lipinski definition) is 9. The van der Waals surface area contributed by atoms with E-state index in [1.54, 1.807) is 7.11 Å². The van der Waals surface area contributed by atoms with Gasteiger partial charge in [-0.2, -0.15) is 9.97 Å². The second kappa shape index (κ2) is 12.0. The van der Waals surface area contributed by atoms with Gasteiger partial charge in [0.15, 0.2) is 5.65 Å². The van der Waals surface area contributed by atoms with Crippen LogP contribution in [0.3, 0.4) is 0 Å². The second-order valence-corrected chi connectivity index (χ2v) is 11.6. The highest BCUT2D eigenvalue weighted by molar-refractivity contribution is 5.90. The zero-order valence-electron chi connectivity index (χ0n) is 24.0. The summed E-state index contributed by atoms with van der Waals surface area (Å²) in [5.41, 5.74) is 4.05. The zero-order valence-corrected chi connectivity index (χ0v) is 24.0. The van der Waals surface area contributed by atoms with E-state index in [1.165, 1.54) is 0 Å². The molecule has 2 fully saturated rings. The number of hydrogen-bond donors (Lipinski definition) is 1. The van der Waals surface area contributed by atoms with Gasteiger partial charge in [0.25, 0.3) is 0 Å². The van der Waals surface area contributed by atoms with Crippen LogP contribution in [0.1, 0.15) is 39.7 Å². The summed E-state index contributed by atoms with van der Waals surface area (Å²) in [7, 11) is 1.72. The SMILES string of the molecule is COc1ccc(-c2ccc3c(N4CCOCC4)nc(N4CCOC[C@@H]4C)nc3n2)cc1CNCCC(C)(C)C. The molecule has 2 aliphatic rings. The number of methoxy groups -OCH3 is 1. The van der Waals surface area contributed by atoms with Gasteiger partial charge < -0.3 is 29.3 Å². The molecule has 2 saturated heterocycles. The van der Waals surface area contributed by atoms with Crippen LogP contribution in [-0.4, -0.2) is 80.7 Å². The molecule has 1 N–H and O–H groups in total. The van der Waals surface area contributed by atoms with Gasteiger partial charge >= 0.3 is 0 Å². The minimum absolute atomic E-state index is 0.201. The predicted octanol–water partition coefficient (Wildman–Crippen LogP) is 4.29. The Bertz CT molecular complexity index is 1270. The molecular formula is C30H42N6O3. The largest absolute Gasteiger partial charge is 0.496 e. The molecule has 210 valence electrons. The number of ether oxygens (including phenoxy) is 3. The van der Waals surface area contributed by atoms with Crippen molar-refractivity contribution in [2.75, 3.05) is 69.5 Å². The molecular weight excluding hydrogens is 492 g/mol. The summed E-state index contributed by atoms with van der Waals surface area (Å²) in [6.45, 7) is 15.7. The second-order valence-electron chi connectivity index (χ2n) is 11.6. The molecule has 0 radical (unpaired) electrons. The summed E-state index contributed by atoms with van der Waals surface area (Å²) in [5, 5.41) is 4.54. The standard InChI is InChI=1S/C30H42N6O3/c1-21-20-39-17-14-36(21)29-33-27-24(28(34-29)35-12-15-38-16-13-35)7-8-25(32-27)22-6-9-26(37-5)23(18-22)19-31-11-10-30(2,3)4/h6-9,18,21,31H,10-17,19-20H2,1-5H3/t21-/m0/s1. The molecule has 4 heterocycles. The van der Waals surface area contributed by atoms with Crippen LogP contribution in [0.4, 0.5) is 11.8 Å². The summed E-state index contributed by atoms with van der Waals surface area (Å²) in [5.74, 6) is 2.51. The number of benzene rings is 1. The molecule has 5 rings (SSSR count). The number of morpholine rings is 2. The molecule has 2 aliphatic heterocycles. The van der Waals surface area contributed by atoms with E-state index >= 15 is 0 Å². The monoisotopic (exact) mass is 534 g/mol. The molecule has 0 saturated carbocycles. The van der Waals surface area contributed by atoms with Gasteiger partial charge in [-0.15, -0.1) is 0 Å². The number of anilines is 2. The Balaban J connectivity index is 1.49. The van der Waals surface area contributed by atoms with Crippen molar-refractivity contribution in [3.05, 3.63) is 35.9 Å². The van der Waals surface area contributed by atoms with Gasteiger partial charge in [0.05, 0.1) is 50.7 Å². The van der Waals surface area contributed by atoms with Crippen molar-refractivity contribution < 1.29 is 14.2 Å². The molecule has 1 atom stereocenters. The van der Waals surface area contributed by atoms with Gasteiger partial charge in [0.2, 0.25) is 5.95 Å². The molecule has 3 aromatic rings. The Labute approximate surface area is 231 Å². The molecule has 0 spiro atoms. The van der Waals surface area contributed by atoms with Gasteiger partial charge in [-0.25, -0.2) is 4.98 Å². The number of pyridine rings is 1. The third-order valence-electron chi connectivity index (χ3n) is 7.41. The lowest BCUT2D eigenvalue weighted by Crippen LogP contribution is -2.45. The predicted molar refractivity (Wildman–Crippen MR) is 156 cm³/mol. The normalized spacial score (nSPS) is 18.5. The van der Waals surface area contributed by atoms with E-state index < -0.39 is 0 Å². The van der Waals surface area contributed by atoms with Gasteiger partial charge in [-0.3, -0.25) is 0 Å². The number of rotatable bonds is 8. The highest BCUT2D eigenvalue weighted by Crippen LogP contribution is 2.31. The van der Waals surface area contributed by atoms with Crippen molar-refractivity contribution in [1.29, 1.82) is 0 Å². The summed E-state index contributed by atoms with van der Waals surface area (Å²) >= 11 is 0. The number of fused-ring (bicyclic) bond motifs is 1. The van der Waals surface area contributed by atoms with Crippen molar-refractivity contribution in [3.8, 4) is 17.0 Å². The smallest absolute Gasteiger partial charge is 0.229 e. The van der Waals surface area contributed by atoms with Crippen molar-refractivity contribution in [2.24, 2.45) is 5.41 Å². The summed E-state index contributed by atoms with van der Waals surface area (Å²) < 4.78 is 17.0. The molecule has 0 amide bonds. The summed E-state index contributed by atoms with van der Waals surface area (Å²) in [4.78, 5) is 19.6. The van der Waals surface area contributed by atoms with Crippen molar-refractivity contribution in [1.82, 2.24) is 20.3 Å². The Hall–Kier alpha value is -3.01. The van der Waals surface area contributed by atoms with E-state index in [9.17, 15) is 0 Å². The van der Waals surface area contributed by atoms with E-state index in [0.717, 1.165) is 72.9 Å². The van der Waals surface area contributed by atoms with Gasteiger partial charge in [-0.1, -0.05) is 20.8 Å². The Morgan fingerprint density at radius 3 is 2.54 bits per heavy atom. The molecule has 0 unspecified atom stereocenters. The lowest BCUT2D eigenvalue weighted by molar-refractivity contribution is 0.0981. The molecule has 39 heavy (non-hydrogen) atoms. The van der Waals surface area contributed by atoms with E-state index in [2.05, 4.69) is 67.1 Å². The van der Waals surface area contributed by atoms with E-state index in [4.69, 9.17) is 29.2 Å². The third kappa shape index (κ3) is 6.59. The fourth-order valence-electron chi connectivity index (χ4n) is 5.08. The van der Waals surface area contributed by atoms with Crippen LogP contribution in [0.15, 0.2) is 30.3 Å². The molecule has 0 bridgehead atoms.